The van der Waals surface area contributed by atoms with E-state index in [1.807, 2.05) is 0 Å². The average molecular weight is 372 g/mol. The molecule has 1 heterocycles. The van der Waals surface area contributed by atoms with E-state index in [1.165, 1.54) is 53.3 Å². The van der Waals surface area contributed by atoms with Crippen LogP contribution in [0.25, 0.3) is 22.2 Å². The van der Waals surface area contributed by atoms with E-state index in [2.05, 4.69) is 83.1 Å². The number of nitrogens with zero attached hydrogens (tertiary/aromatic N) is 1. The molecule has 28 heavy (non-hydrogen) atoms. The molecule has 1 saturated carbocycles. The molecular weight excluding hydrogens is 338 g/mol. The smallest absolute Gasteiger partial charge is 0.0712 e. The third kappa shape index (κ3) is 3.72. The minimum Gasteiger partial charge on any atom is -0.248 e. The zero-order valence-corrected chi connectivity index (χ0v) is 18.0. The first-order valence-corrected chi connectivity index (χ1v) is 10.8. The largest absolute Gasteiger partial charge is 0.248 e. The second-order valence-electron chi connectivity index (χ2n) is 9.78. The second-order valence-corrected chi connectivity index (χ2v) is 9.78. The lowest BCUT2D eigenvalue weighted by Crippen LogP contribution is -2.11. The zero-order chi connectivity index (χ0) is 19.9. The van der Waals surface area contributed by atoms with Crippen molar-refractivity contribution in [2.24, 2.45) is 5.92 Å². The summed E-state index contributed by atoms with van der Waals surface area (Å²) in [4.78, 5) is 5.08. The van der Waals surface area contributed by atoms with Crippen molar-refractivity contribution in [3.8, 4) is 11.3 Å². The van der Waals surface area contributed by atoms with E-state index in [0.717, 1.165) is 17.1 Å². The van der Waals surface area contributed by atoms with Crippen molar-refractivity contribution in [2.45, 2.75) is 71.6 Å². The number of pyridine rings is 1. The first-order chi connectivity index (χ1) is 13.3. The van der Waals surface area contributed by atoms with E-state index in [1.54, 1.807) is 0 Å². The van der Waals surface area contributed by atoms with Gasteiger partial charge in [0.25, 0.3) is 0 Å². The van der Waals surface area contributed by atoms with E-state index in [-0.39, 0.29) is 5.41 Å². The molecule has 2 aromatic carbocycles. The van der Waals surface area contributed by atoms with Crippen LogP contribution >= 0.6 is 0 Å². The summed E-state index contributed by atoms with van der Waals surface area (Å²) >= 11 is 0. The highest BCUT2D eigenvalue weighted by molar-refractivity contribution is 5.85. The van der Waals surface area contributed by atoms with Gasteiger partial charge in [-0.2, -0.15) is 0 Å². The van der Waals surface area contributed by atoms with Crippen LogP contribution in [0.1, 0.15) is 76.0 Å². The highest BCUT2D eigenvalue weighted by atomic mass is 14.7. The van der Waals surface area contributed by atoms with Crippen molar-refractivity contribution in [2.75, 3.05) is 0 Å². The highest BCUT2D eigenvalue weighted by Gasteiger charge is 2.24. The summed E-state index contributed by atoms with van der Waals surface area (Å²) in [6.07, 6.45) is 5.54. The summed E-state index contributed by atoms with van der Waals surface area (Å²) in [6, 6.07) is 18.1. The van der Waals surface area contributed by atoms with Crippen LogP contribution in [0.15, 0.2) is 48.5 Å². The Balaban J connectivity index is 1.76. The van der Waals surface area contributed by atoms with Crippen molar-refractivity contribution in [1.29, 1.82) is 0 Å². The van der Waals surface area contributed by atoms with Gasteiger partial charge in [0, 0.05) is 10.9 Å². The summed E-state index contributed by atoms with van der Waals surface area (Å²) in [7, 11) is 0. The van der Waals surface area contributed by atoms with E-state index in [4.69, 9.17) is 4.98 Å². The Morgan fingerprint density at radius 1 is 0.964 bits per heavy atom. The Labute approximate surface area is 170 Å². The average Bonchev–Trinajstić information content (AvgIpc) is 3.20. The summed E-state index contributed by atoms with van der Waals surface area (Å²) < 4.78 is 0. The highest BCUT2D eigenvalue weighted by Crippen LogP contribution is 2.39. The van der Waals surface area contributed by atoms with Crippen LogP contribution in [0.4, 0.5) is 0 Å². The SMILES string of the molecule is Cc1cc(-c2ccc3c(C(C)C4CCCC4)cccc3n2)cc(C(C)(C)C)c1. The number of aryl methyl sites for hydroxylation is 1. The molecule has 0 saturated heterocycles. The molecule has 1 heteroatoms. The topological polar surface area (TPSA) is 12.9 Å². The lowest BCUT2D eigenvalue weighted by molar-refractivity contribution is 0.463. The maximum atomic E-state index is 5.08. The molecule has 0 radical (unpaired) electrons. The summed E-state index contributed by atoms with van der Waals surface area (Å²) in [5, 5.41) is 1.33. The van der Waals surface area contributed by atoms with Crippen LogP contribution in [0.3, 0.4) is 0 Å². The van der Waals surface area contributed by atoms with Gasteiger partial charge in [-0.1, -0.05) is 70.4 Å². The van der Waals surface area contributed by atoms with Crippen LogP contribution in [0, 0.1) is 12.8 Å². The fourth-order valence-electron chi connectivity index (χ4n) is 4.81. The van der Waals surface area contributed by atoms with Crippen molar-refractivity contribution in [3.63, 3.8) is 0 Å². The Bertz CT molecular complexity index is 987. The number of hydrogen-bond donors (Lipinski definition) is 0. The van der Waals surface area contributed by atoms with Gasteiger partial charge in [-0.3, -0.25) is 0 Å². The molecular formula is C27H33N. The fourth-order valence-corrected chi connectivity index (χ4v) is 4.81. The number of hydrogen-bond acceptors (Lipinski definition) is 1. The number of rotatable bonds is 3. The van der Waals surface area contributed by atoms with Gasteiger partial charge in [-0.05, 0) is 72.4 Å². The molecule has 3 aromatic rings. The molecule has 0 bridgehead atoms. The summed E-state index contributed by atoms with van der Waals surface area (Å²) in [6.45, 7) is 11.4. The maximum Gasteiger partial charge on any atom is 0.0712 e. The normalized spacial score (nSPS) is 16.6. The Morgan fingerprint density at radius 2 is 1.71 bits per heavy atom. The minimum atomic E-state index is 0.140. The van der Waals surface area contributed by atoms with Gasteiger partial charge >= 0.3 is 0 Å². The predicted octanol–water partition coefficient (Wildman–Crippen LogP) is 7.80. The lowest BCUT2D eigenvalue weighted by atomic mass is 9.84. The van der Waals surface area contributed by atoms with Crippen molar-refractivity contribution < 1.29 is 0 Å². The first kappa shape index (κ1) is 19.2. The standard InChI is InChI=1S/C27H33N/c1-18-15-21(17-22(16-18)27(3,4)5)25-14-13-24-23(11-8-12-26(24)28-25)19(2)20-9-6-7-10-20/h8,11-17,19-20H,6-7,9-10H2,1-5H3. The molecule has 1 nitrogen and oxygen atoms in total. The fraction of sp³-hybridized carbons (Fsp3) is 0.444. The first-order valence-electron chi connectivity index (χ1n) is 10.8. The van der Waals surface area contributed by atoms with Crippen LogP contribution in [-0.4, -0.2) is 4.98 Å². The Hall–Kier alpha value is -2.15. The summed E-state index contributed by atoms with van der Waals surface area (Å²) in [5.74, 6) is 1.45. The predicted molar refractivity (Wildman–Crippen MR) is 121 cm³/mol. The third-order valence-electron chi connectivity index (χ3n) is 6.60. The molecule has 0 spiro atoms. The molecule has 4 rings (SSSR count). The van der Waals surface area contributed by atoms with Crippen molar-refractivity contribution in [1.82, 2.24) is 4.98 Å². The monoisotopic (exact) mass is 371 g/mol. The van der Waals surface area contributed by atoms with Gasteiger partial charge in [0.2, 0.25) is 0 Å². The van der Waals surface area contributed by atoms with Gasteiger partial charge in [-0.15, -0.1) is 0 Å². The quantitative estimate of drug-likeness (QED) is 0.457. The second kappa shape index (κ2) is 7.35. The Morgan fingerprint density at radius 3 is 2.43 bits per heavy atom. The maximum absolute atomic E-state index is 5.08. The molecule has 1 unspecified atom stereocenters. The molecule has 1 fully saturated rings. The lowest BCUT2D eigenvalue weighted by Gasteiger charge is -2.22. The van der Waals surface area contributed by atoms with Crippen LogP contribution in [0.2, 0.25) is 0 Å². The van der Waals surface area contributed by atoms with Crippen molar-refractivity contribution in [3.05, 3.63) is 65.2 Å². The van der Waals surface area contributed by atoms with Crippen molar-refractivity contribution >= 4 is 10.9 Å². The van der Waals surface area contributed by atoms with Crippen LogP contribution in [-0.2, 0) is 5.41 Å². The zero-order valence-electron chi connectivity index (χ0n) is 18.0. The van der Waals surface area contributed by atoms with Gasteiger partial charge in [0.05, 0.1) is 11.2 Å². The molecule has 1 aliphatic rings. The number of aromatic nitrogens is 1. The number of fused-ring (bicyclic) bond motifs is 1. The van der Waals surface area contributed by atoms with Gasteiger partial charge in [0.1, 0.15) is 0 Å². The molecule has 0 amide bonds. The van der Waals surface area contributed by atoms with Crippen LogP contribution < -0.4 is 0 Å². The molecule has 1 aliphatic carbocycles. The van der Waals surface area contributed by atoms with E-state index in [0.29, 0.717) is 5.92 Å². The van der Waals surface area contributed by atoms with E-state index < -0.39 is 0 Å². The Kier molecular flexibility index (Phi) is 5.04. The third-order valence-corrected chi connectivity index (χ3v) is 6.60. The summed E-state index contributed by atoms with van der Waals surface area (Å²) in [5.41, 5.74) is 7.71. The molecule has 1 atom stereocenters. The molecule has 146 valence electrons. The van der Waals surface area contributed by atoms with Gasteiger partial charge in [0.15, 0.2) is 0 Å². The van der Waals surface area contributed by atoms with Gasteiger partial charge in [-0.25, -0.2) is 4.98 Å². The molecule has 0 aliphatic heterocycles. The van der Waals surface area contributed by atoms with Crippen LogP contribution in [0.5, 0.6) is 0 Å². The minimum absolute atomic E-state index is 0.140. The van der Waals surface area contributed by atoms with E-state index in [9.17, 15) is 0 Å². The van der Waals surface area contributed by atoms with E-state index >= 15 is 0 Å². The molecule has 0 N–H and O–H groups in total. The molecule has 1 aromatic heterocycles. The van der Waals surface area contributed by atoms with Gasteiger partial charge < -0.3 is 0 Å². The number of benzene rings is 2.